The van der Waals surface area contributed by atoms with E-state index >= 15 is 0 Å². The predicted octanol–water partition coefficient (Wildman–Crippen LogP) is 1.95. The molecule has 5 heteroatoms. The zero-order valence-electron chi connectivity index (χ0n) is 11.3. The molecule has 0 radical (unpaired) electrons. The summed E-state index contributed by atoms with van der Waals surface area (Å²) in [6.45, 7) is 5.66. The summed E-state index contributed by atoms with van der Waals surface area (Å²) >= 11 is 0. The first kappa shape index (κ1) is 13.3. The Morgan fingerprint density at radius 1 is 1.16 bits per heavy atom. The minimum atomic E-state index is -0.349. The maximum Gasteiger partial charge on any atom is 0.242 e. The second kappa shape index (κ2) is 5.65. The molecule has 0 aliphatic rings. The lowest BCUT2D eigenvalue weighted by Crippen LogP contribution is -2.41. The van der Waals surface area contributed by atoms with Crippen LogP contribution in [0, 0.1) is 0 Å². The number of rotatable bonds is 4. The Bertz CT molecular complexity index is 582. The van der Waals surface area contributed by atoms with Gasteiger partial charge in [0.25, 0.3) is 0 Å². The van der Waals surface area contributed by atoms with Crippen molar-refractivity contribution in [3.05, 3.63) is 30.5 Å². The largest absolute Gasteiger partial charge is 0.357 e. The zero-order valence-corrected chi connectivity index (χ0v) is 11.3. The number of nitrogens with one attached hydrogen (secondary N) is 2. The van der Waals surface area contributed by atoms with Crippen LogP contribution in [-0.4, -0.2) is 28.0 Å². The Morgan fingerprint density at radius 3 is 2.53 bits per heavy atom. The minimum absolute atomic E-state index is 0.0510. The molecule has 2 rings (SSSR count). The molecule has 0 fully saturated rings. The number of fused-ring (bicyclic) bond motifs is 1. The third kappa shape index (κ3) is 3.40. The van der Waals surface area contributed by atoms with Crippen LogP contribution in [0.2, 0.25) is 0 Å². The highest BCUT2D eigenvalue weighted by Gasteiger charge is 2.14. The summed E-state index contributed by atoms with van der Waals surface area (Å²) in [5.41, 5.74) is 1.65. The van der Waals surface area contributed by atoms with Crippen LogP contribution in [0.3, 0.4) is 0 Å². The lowest BCUT2D eigenvalue weighted by Gasteiger charge is -2.16. The van der Waals surface area contributed by atoms with Gasteiger partial charge < -0.3 is 10.6 Å². The van der Waals surface area contributed by atoms with E-state index in [1.54, 1.807) is 13.1 Å². The summed E-state index contributed by atoms with van der Waals surface area (Å²) in [6.07, 6.45) is 1.64. The highest BCUT2D eigenvalue weighted by atomic mass is 16.2. The van der Waals surface area contributed by atoms with E-state index in [2.05, 4.69) is 20.6 Å². The smallest absolute Gasteiger partial charge is 0.242 e. The highest BCUT2D eigenvalue weighted by molar-refractivity contribution is 5.84. The van der Waals surface area contributed by atoms with E-state index in [-0.39, 0.29) is 18.0 Å². The molecule has 0 saturated carbocycles. The van der Waals surface area contributed by atoms with E-state index in [0.29, 0.717) is 5.82 Å². The number of anilines is 1. The van der Waals surface area contributed by atoms with Crippen molar-refractivity contribution in [2.24, 2.45) is 0 Å². The van der Waals surface area contributed by atoms with E-state index in [1.165, 1.54) is 0 Å². The average molecular weight is 258 g/mol. The summed E-state index contributed by atoms with van der Waals surface area (Å²) in [7, 11) is 0. The SMILES string of the molecule is CC(C)NC(=O)C(C)Nc1cnc2ccccc2n1. The molecule has 0 spiro atoms. The summed E-state index contributed by atoms with van der Waals surface area (Å²) in [6, 6.07) is 7.41. The number of hydrogen-bond donors (Lipinski definition) is 2. The molecule has 0 aliphatic carbocycles. The van der Waals surface area contributed by atoms with E-state index < -0.39 is 0 Å². The molecular weight excluding hydrogens is 240 g/mol. The number of carbonyl (C=O) groups is 1. The van der Waals surface area contributed by atoms with Crippen molar-refractivity contribution in [1.82, 2.24) is 15.3 Å². The molecular formula is C14H18N4O. The number of hydrogen-bond acceptors (Lipinski definition) is 4. The van der Waals surface area contributed by atoms with Gasteiger partial charge in [-0.3, -0.25) is 9.78 Å². The van der Waals surface area contributed by atoms with Crippen LogP contribution in [0.1, 0.15) is 20.8 Å². The Morgan fingerprint density at radius 2 is 1.84 bits per heavy atom. The topological polar surface area (TPSA) is 66.9 Å². The van der Waals surface area contributed by atoms with Crippen LogP contribution in [-0.2, 0) is 4.79 Å². The summed E-state index contributed by atoms with van der Waals surface area (Å²) in [5, 5.41) is 5.90. The Kier molecular flexibility index (Phi) is 3.94. The normalized spacial score (nSPS) is 12.4. The molecule has 1 heterocycles. The molecule has 0 saturated heterocycles. The van der Waals surface area contributed by atoms with E-state index in [1.807, 2.05) is 38.1 Å². The fraction of sp³-hybridized carbons (Fsp3) is 0.357. The number of benzene rings is 1. The fourth-order valence-electron chi connectivity index (χ4n) is 1.72. The summed E-state index contributed by atoms with van der Waals surface area (Å²) < 4.78 is 0. The van der Waals surface area contributed by atoms with Gasteiger partial charge in [-0.2, -0.15) is 0 Å². The van der Waals surface area contributed by atoms with Gasteiger partial charge in [0.15, 0.2) is 0 Å². The van der Waals surface area contributed by atoms with Gasteiger partial charge in [0, 0.05) is 6.04 Å². The number of para-hydroxylation sites is 2. The van der Waals surface area contributed by atoms with Crippen molar-refractivity contribution in [2.45, 2.75) is 32.9 Å². The number of amides is 1. The van der Waals surface area contributed by atoms with E-state index in [4.69, 9.17) is 0 Å². The van der Waals surface area contributed by atoms with E-state index in [0.717, 1.165) is 11.0 Å². The molecule has 2 N–H and O–H groups in total. The molecule has 1 atom stereocenters. The molecule has 0 bridgehead atoms. The van der Waals surface area contributed by atoms with Gasteiger partial charge in [-0.15, -0.1) is 0 Å². The molecule has 0 aliphatic heterocycles. The van der Waals surface area contributed by atoms with Crippen molar-refractivity contribution in [1.29, 1.82) is 0 Å². The van der Waals surface area contributed by atoms with Gasteiger partial charge in [-0.05, 0) is 32.9 Å². The molecule has 2 aromatic rings. The molecule has 1 amide bonds. The van der Waals surface area contributed by atoms with Crippen LogP contribution >= 0.6 is 0 Å². The monoisotopic (exact) mass is 258 g/mol. The molecule has 5 nitrogen and oxygen atoms in total. The second-order valence-electron chi connectivity index (χ2n) is 4.77. The standard InChI is InChI=1S/C14H18N4O/c1-9(2)16-14(19)10(3)17-13-8-15-11-6-4-5-7-12(11)18-13/h4-10H,1-3H3,(H,16,19)(H,17,18). The number of aromatic nitrogens is 2. The lowest BCUT2D eigenvalue weighted by atomic mass is 10.2. The van der Waals surface area contributed by atoms with Gasteiger partial charge >= 0.3 is 0 Å². The third-order valence-corrected chi connectivity index (χ3v) is 2.64. The molecule has 1 aromatic carbocycles. The van der Waals surface area contributed by atoms with Crippen molar-refractivity contribution in [3.8, 4) is 0 Å². The van der Waals surface area contributed by atoms with Crippen molar-refractivity contribution in [2.75, 3.05) is 5.32 Å². The first-order valence-corrected chi connectivity index (χ1v) is 6.35. The van der Waals surface area contributed by atoms with Gasteiger partial charge in [0.2, 0.25) is 5.91 Å². The molecule has 1 aromatic heterocycles. The Hall–Kier alpha value is -2.17. The van der Waals surface area contributed by atoms with Crippen LogP contribution in [0.4, 0.5) is 5.82 Å². The quantitative estimate of drug-likeness (QED) is 0.879. The first-order chi connectivity index (χ1) is 9.06. The third-order valence-electron chi connectivity index (χ3n) is 2.64. The number of nitrogens with zero attached hydrogens (tertiary/aromatic N) is 2. The van der Waals surface area contributed by atoms with Crippen LogP contribution in [0.5, 0.6) is 0 Å². The molecule has 100 valence electrons. The van der Waals surface area contributed by atoms with Crippen molar-refractivity contribution in [3.63, 3.8) is 0 Å². The van der Waals surface area contributed by atoms with Gasteiger partial charge in [0.05, 0.1) is 17.2 Å². The maximum atomic E-state index is 11.8. The van der Waals surface area contributed by atoms with Crippen LogP contribution < -0.4 is 10.6 Å². The van der Waals surface area contributed by atoms with Crippen molar-refractivity contribution < 1.29 is 4.79 Å². The van der Waals surface area contributed by atoms with Gasteiger partial charge in [0.1, 0.15) is 11.9 Å². The number of carbonyl (C=O) groups excluding carboxylic acids is 1. The minimum Gasteiger partial charge on any atom is -0.357 e. The summed E-state index contributed by atoms with van der Waals surface area (Å²) in [5.74, 6) is 0.551. The molecule has 19 heavy (non-hydrogen) atoms. The Labute approximate surface area is 112 Å². The van der Waals surface area contributed by atoms with Crippen LogP contribution in [0.15, 0.2) is 30.5 Å². The Balaban J connectivity index is 2.10. The van der Waals surface area contributed by atoms with Gasteiger partial charge in [-0.1, -0.05) is 12.1 Å². The zero-order chi connectivity index (χ0) is 13.8. The van der Waals surface area contributed by atoms with Crippen molar-refractivity contribution >= 4 is 22.8 Å². The maximum absolute atomic E-state index is 11.8. The first-order valence-electron chi connectivity index (χ1n) is 6.35. The van der Waals surface area contributed by atoms with E-state index in [9.17, 15) is 4.79 Å². The van der Waals surface area contributed by atoms with Gasteiger partial charge in [-0.25, -0.2) is 4.98 Å². The lowest BCUT2D eigenvalue weighted by molar-refractivity contribution is -0.122. The highest BCUT2D eigenvalue weighted by Crippen LogP contribution is 2.11. The summed E-state index contributed by atoms with van der Waals surface area (Å²) in [4.78, 5) is 20.5. The fourth-order valence-corrected chi connectivity index (χ4v) is 1.72. The second-order valence-corrected chi connectivity index (χ2v) is 4.77. The predicted molar refractivity (Wildman–Crippen MR) is 75.9 cm³/mol. The van der Waals surface area contributed by atoms with Crippen LogP contribution in [0.25, 0.3) is 11.0 Å². The average Bonchev–Trinajstić information content (AvgIpc) is 2.37. The molecule has 1 unspecified atom stereocenters.